The number of rotatable bonds is 19. The summed E-state index contributed by atoms with van der Waals surface area (Å²) in [4.78, 5) is 28.9. The Labute approximate surface area is 180 Å². The van der Waals surface area contributed by atoms with Gasteiger partial charge in [0, 0.05) is 11.8 Å². The molecule has 0 amide bonds. The van der Waals surface area contributed by atoms with Crippen molar-refractivity contribution in [3.8, 4) is 0 Å². The van der Waals surface area contributed by atoms with E-state index in [1.54, 1.807) is 0 Å². The van der Waals surface area contributed by atoms with Gasteiger partial charge in [0.05, 0.1) is 0 Å². The molecule has 29 heavy (non-hydrogen) atoms. The number of carboxylic acid groups (broad SMARTS) is 1. The largest absolute Gasteiger partial charge is 0.477 e. The number of carboxylic acids is 1. The molecule has 1 rings (SSSR count). The number of thioether (sulfide) groups is 1. The number of aromatic amines is 1. The van der Waals surface area contributed by atoms with Gasteiger partial charge in [0.2, 0.25) is 0 Å². The fourth-order valence-electron chi connectivity index (χ4n) is 3.43. The molecule has 0 radical (unpaired) electrons. The van der Waals surface area contributed by atoms with E-state index in [0.717, 1.165) is 18.2 Å². The standard InChI is InChI=1S/C23H40N2O3S/c1-2-3-4-5-6-7-8-9-10-11-12-13-14-15-16-17-18-29-23-24-20(22(27)28)19-21(26)25-23/h19H,2-18H2,1H3,(H,27,28)(H,24,25,26). The molecule has 2 N–H and O–H groups in total. The number of nitrogens with zero attached hydrogens (tertiary/aromatic N) is 1. The Hall–Kier alpha value is -1.30. The SMILES string of the molecule is CCCCCCCCCCCCCCCCCCSc1nc(C(=O)O)cc(=O)[nH]1. The lowest BCUT2D eigenvalue weighted by Gasteiger charge is -2.04. The van der Waals surface area contributed by atoms with Crippen LogP contribution in [0.25, 0.3) is 0 Å². The monoisotopic (exact) mass is 424 g/mol. The van der Waals surface area contributed by atoms with Crippen molar-refractivity contribution in [2.75, 3.05) is 5.75 Å². The summed E-state index contributed by atoms with van der Waals surface area (Å²) in [6, 6.07) is 1.01. The van der Waals surface area contributed by atoms with Crippen LogP contribution in [-0.4, -0.2) is 26.8 Å². The van der Waals surface area contributed by atoms with Crippen molar-refractivity contribution in [2.45, 2.75) is 115 Å². The van der Waals surface area contributed by atoms with Gasteiger partial charge in [-0.1, -0.05) is 115 Å². The van der Waals surface area contributed by atoms with Crippen LogP contribution in [0, 0.1) is 0 Å². The molecule has 5 nitrogen and oxygen atoms in total. The molecule has 1 aromatic heterocycles. The quantitative estimate of drug-likeness (QED) is 0.145. The highest BCUT2D eigenvalue weighted by atomic mass is 32.2. The fourth-order valence-corrected chi connectivity index (χ4v) is 4.31. The predicted octanol–water partition coefficient (Wildman–Crippen LogP) is 6.82. The van der Waals surface area contributed by atoms with E-state index in [1.165, 1.54) is 108 Å². The van der Waals surface area contributed by atoms with Crippen LogP contribution in [0.2, 0.25) is 0 Å². The van der Waals surface area contributed by atoms with Gasteiger partial charge < -0.3 is 10.1 Å². The summed E-state index contributed by atoms with van der Waals surface area (Å²) < 4.78 is 0. The number of aromatic nitrogens is 2. The second kappa shape index (κ2) is 17.5. The van der Waals surface area contributed by atoms with Crippen molar-refractivity contribution < 1.29 is 9.90 Å². The van der Waals surface area contributed by atoms with E-state index in [1.807, 2.05) is 0 Å². The van der Waals surface area contributed by atoms with Gasteiger partial charge in [0.15, 0.2) is 10.9 Å². The van der Waals surface area contributed by atoms with Gasteiger partial charge in [-0.25, -0.2) is 9.78 Å². The molecule has 0 fully saturated rings. The van der Waals surface area contributed by atoms with Crippen molar-refractivity contribution in [3.05, 3.63) is 22.1 Å². The molecule has 0 atom stereocenters. The van der Waals surface area contributed by atoms with Gasteiger partial charge >= 0.3 is 5.97 Å². The van der Waals surface area contributed by atoms with Crippen molar-refractivity contribution in [2.24, 2.45) is 0 Å². The Kier molecular flexibility index (Phi) is 15.6. The van der Waals surface area contributed by atoms with Crippen molar-refractivity contribution >= 4 is 17.7 Å². The molecule has 0 saturated carbocycles. The third-order valence-electron chi connectivity index (χ3n) is 5.18. The van der Waals surface area contributed by atoms with E-state index in [2.05, 4.69) is 16.9 Å². The molecule has 1 heterocycles. The molecular formula is C23H40N2O3S. The predicted molar refractivity (Wildman–Crippen MR) is 122 cm³/mol. The molecule has 0 aliphatic carbocycles. The second-order valence-corrected chi connectivity index (χ2v) is 8.98. The highest BCUT2D eigenvalue weighted by Crippen LogP contribution is 2.16. The third-order valence-corrected chi connectivity index (χ3v) is 6.14. The molecule has 0 aromatic carbocycles. The Morgan fingerprint density at radius 3 is 1.76 bits per heavy atom. The smallest absolute Gasteiger partial charge is 0.354 e. The summed E-state index contributed by atoms with van der Waals surface area (Å²) in [5.74, 6) is -0.315. The highest BCUT2D eigenvalue weighted by Gasteiger charge is 2.08. The summed E-state index contributed by atoms with van der Waals surface area (Å²) in [7, 11) is 0. The van der Waals surface area contributed by atoms with Crippen molar-refractivity contribution in [1.82, 2.24) is 9.97 Å². The van der Waals surface area contributed by atoms with Crippen LogP contribution in [0.15, 0.2) is 16.0 Å². The lowest BCUT2D eigenvalue weighted by atomic mass is 10.0. The molecule has 0 unspecified atom stereocenters. The third kappa shape index (κ3) is 14.3. The van der Waals surface area contributed by atoms with Crippen LogP contribution < -0.4 is 5.56 Å². The second-order valence-electron chi connectivity index (χ2n) is 7.89. The summed E-state index contributed by atoms with van der Waals surface area (Å²) >= 11 is 1.42. The first-order valence-electron chi connectivity index (χ1n) is 11.6. The van der Waals surface area contributed by atoms with E-state index in [9.17, 15) is 9.59 Å². The van der Waals surface area contributed by atoms with Gasteiger partial charge in [0.1, 0.15) is 0 Å². The average molecular weight is 425 g/mol. The van der Waals surface area contributed by atoms with Gasteiger partial charge in [-0.3, -0.25) is 4.79 Å². The van der Waals surface area contributed by atoms with E-state index < -0.39 is 11.5 Å². The normalized spacial score (nSPS) is 11.1. The topological polar surface area (TPSA) is 83.0 Å². The van der Waals surface area contributed by atoms with Crippen LogP contribution in [0.1, 0.15) is 120 Å². The van der Waals surface area contributed by atoms with Crippen LogP contribution in [0.3, 0.4) is 0 Å². The molecule has 0 aliphatic heterocycles. The van der Waals surface area contributed by atoms with Gasteiger partial charge in [-0.15, -0.1) is 0 Å². The number of aromatic carboxylic acids is 1. The van der Waals surface area contributed by atoms with Crippen molar-refractivity contribution in [1.29, 1.82) is 0 Å². The van der Waals surface area contributed by atoms with E-state index in [-0.39, 0.29) is 5.69 Å². The number of unbranched alkanes of at least 4 members (excludes halogenated alkanes) is 15. The summed E-state index contributed by atoms with van der Waals surface area (Å²) in [6.45, 7) is 2.27. The van der Waals surface area contributed by atoms with Crippen LogP contribution in [0.4, 0.5) is 0 Å². The summed E-state index contributed by atoms with van der Waals surface area (Å²) in [5, 5.41) is 9.33. The number of carbonyl (C=O) groups is 1. The van der Waals surface area contributed by atoms with Crippen LogP contribution >= 0.6 is 11.8 Å². The maximum absolute atomic E-state index is 11.4. The molecule has 0 spiro atoms. The van der Waals surface area contributed by atoms with Crippen molar-refractivity contribution in [3.63, 3.8) is 0 Å². The summed E-state index contributed by atoms with van der Waals surface area (Å²) in [6.07, 6.45) is 21.5. The first kappa shape index (κ1) is 25.7. The van der Waals surface area contributed by atoms with Crippen LogP contribution in [-0.2, 0) is 0 Å². The number of hydrogen-bond acceptors (Lipinski definition) is 4. The van der Waals surface area contributed by atoms with Gasteiger partial charge in [-0.05, 0) is 6.42 Å². The van der Waals surface area contributed by atoms with E-state index in [0.29, 0.717) is 5.16 Å². The zero-order chi connectivity index (χ0) is 21.2. The maximum atomic E-state index is 11.4. The number of hydrogen-bond donors (Lipinski definition) is 2. The minimum absolute atomic E-state index is 0.191. The zero-order valence-corrected chi connectivity index (χ0v) is 19.0. The Morgan fingerprint density at radius 2 is 1.31 bits per heavy atom. The maximum Gasteiger partial charge on any atom is 0.354 e. The van der Waals surface area contributed by atoms with Crippen LogP contribution in [0.5, 0.6) is 0 Å². The number of nitrogens with one attached hydrogen (secondary N) is 1. The fraction of sp³-hybridized carbons (Fsp3) is 0.783. The Morgan fingerprint density at radius 1 is 0.862 bits per heavy atom. The zero-order valence-electron chi connectivity index (χ0n) is 18.2. The first-order valence-corrected chi connectivity index (χ1v) is 12.6. The lowest BCUT2D eigenvalue weighted by Crippen LogP contribution is -2.13. The number of H-pyrrole nitrogens is 1. The molecule has 0 saturated heterocycles. The van der Waals surface area contributed by atoms with E-state index >= 15 is 0 Å². The molecule has 166 valence electrons. The van der Waals surface area contributed by atoms with Gasteiger partial charge in [0.25, 0.3) is 5.56 Å². The Bertz CT molecular complexity index is 604. The lowest BCUT2D eigenvalue weighted by molar-refractivity contribution is 0.0689. The minimum atomic E-state index is -1.17. The van der Waals surface area contributed by atoms with E-state index in [4.69, 9.17) is 5.11 Å². The molecule has 6 heteroatoms. The Balaban J connectivity index is 1.87. The highest BCUT2D eigenvalue weighted by molar-refractivity contribution is 7.99. The first-order chi connectivity index (χ1) is 14.1. The average Bonchev–Trinajstić information content (AvgIpc) is 2.70. The molecular weight excluding hydrogens is 384 g/mol. The molecule has 1 aromatic rings. The van der Waals surface area contributed by atoms with Gasteiger partial charge in [-0.2, -0.15) is 0 Å². The summed E-state index contributed by atoms with van der Waals surface area (Å²) in [5.41, 5.74) is -0.602. The molecule has 0 bridgehead atoms. The minimum Gasteiger partial charge on any atom is -0.477 e. The molecule has 0 aliphatic rings.